The Kier molecular flexibility index (Phi) is 3.82. The summed E-state index contributed by atoms with van der Waals surface area (Å²) < 4.78 is 2.01. The Labute approximate surface area is 134 Å². The van der Waals surface area contributed by atoms with Gasteiger partial charge in [-0.15, -0.1) is 0 Å². The highest BCUT2D eigenvalue weighted by molar-refractivity contribution is 5.81. The molecular weight excluding hydrogens is 288 g/mol. The van der Waals surface area contributed by atoms with Crippen molar-refractivity contribution in [2.75, 3.05) is 0 Å². The van der Waals surface area contributed by atoms with Crippen molar-refractivity contribution in [1.82, 2.24) is 9.55 Å². The maximum atomic E-state index is 11.1. The first-order valence-corrected chi connectivity index (χ1v) is 7.34. The van der Waals surface area contributed by atoms with Crippen molar-refractivity contribution >= 4 is 16.9 Å². The summed E-state index contributed by atoms with van der Waals surface area (Å²) in [4.78, 5) is 15.7. The zero-order chi connectivity index (χ0) is 16.4. The van der Waals surface area contributed by atoms with E-state index >= 15 is 0 Å². The number of aromatic nitrogens is 2. The van der Waals surface area contributed by atoms with Crippen molar-refractivity contribution in [1.29, 1.82) is 5.26 Å². The molecule has 0 saturated heterocycles. The maximum Gasteiger partial charge on any atom is 0.217 e. The normalized spacial score (nSPS) is 10.6. The van der Waals surface area contributed by atoms with Crippen molar-refractivity contribution < 1.29 is 4.79 Å². The Bertz CT molecular complexity index is 917. The van der Waals surface area contributed by atoms with Gasteiger partial charge in [-0.05, 0) is 55.3 Å². The van der Waals surface area contributed by atoms with Crippen LogP contribution >= 0.6 is 0 Å². The van der Waals surface area contributed by atoms with Gasteiger partial charge in [-0.3, -0.25) is 9.36 Å². The molecule has 0 saturated carbocycles. The summed E-state index contributed by atoms with van der Waals surface area (Å²) in [5.74, 6) is -0.328. The summed E-state index contributed by atoms with van der Waals surface area (Å²) in [6, 6.07) is 13.5. The van der Waals surface area contributed by atoms with E-state index in [1.807, 2.05) is 35.9 Å². The largest absolute Gasteiger partial charge is 0.370 e. The third-order valence-corrected chi connectivity index (χ3v) is 3.74. The van der Waals surface area contributed by atoms with Crippen LogP contribution in [0.3, 0.4) is 0 Å². The molecule has 0 aliphatic carbocycles. The summed E-state index contributed by atoms with van der Waals surface area (Å²) in [6.45, 7) is 1.99. The second kappa shape index (κ2) is 5.93. The molecule has 1 amide bonds. The number of carbonyl (C=O) groups excluding carboxylic acids is 1. The van der Waals surface area contributed by atoms with Gasteiger partial charge in [0.05, 0.1) is 11.6 Å². The average molecular weight is 304 g/mol. The highest BCUT2D eigenvalue weighted by Gasteiger charge is 2.13. The molecule has 1 aromatic carbocycles. The molecule has 0 atom stereocenters. The number of carbonyl (C=O) groups is 1. The number of nitrogens with zero attached hydrogens (tertiary/aromatic N) is 3. The molecule has 0 unspecified atom stereocenters. The summed E-state index contributed by atoms with van der Waals surface area (Å²) in [7, 11) is 0. The molecule has 2 heterocycles. The predicted octanol–water partition coefficient (Wildman–Crippen LogP) is 2.62. The van der Waals surface area contributed by atoms with Crippen LogP contribution in [0.4, 0.5) is 0 Å². The van der Waals surface area contributed by atoms with E-state index < -0.39 is 0 Å². The van der Waals surface area contributed by atoms with Crippen LogP contribution in [0.5, 0.6) is 0 Å². The molecule has 0 radical (unpaired) electrons. The third-order valence-electron chi connectivity index (χ3n) is 3.74. The number of primary amides is 1. The second-order valence-corrected chi connectivity index (χ2v) is 5.52. The Balaban J connectivity index is 2.16. The average Bonchev–Trinajstić information content (AvgIpc) is 2.90. The maximum absolute atomic E-state index is 11.1. The Hall–Kier alpha value is -3.13. The van der Waals surface area contributed by atoms with Gasteiger partial charge in [0, 0.05) is 29.4 Å². The zero-order valence-electron chi connectivity index (χ0n) is 12.8. The third kappa shape index (κ3) is 2.92. The summed E-state index contributed by atoms with van der Waals surface area (Å²) in [5, 5.41) is 9.96. The zero-order valence-corrected chi connectivity index (χ0v) is 12.8. The Morgan fingerprint density at radius 2 is 2.04 bits per heavy atom. The Morgan fingerprint density at radius 3 is 2.70 bits per heavy atom. The fourth-order valence-electron chi connectivity index (χ4n) is 2.67. The smallest absolute Gasteiger partial charge is 0.217 e. The van der Waals surface area contributed by atoms with Gasteiger partial charge in [-0.1, -0.05) is 0 Å². The fraction of sp³-hybridized carbons (Fsp3) is 0.167. The number of hydrogen-bond acceptors (Lipinski definition) is 3. The molecular formula is C18H16N4O. The van der Waals surface area contributed by atoms with Crippen LogP contribution in [0, 0.1) is 18.3 Å². The van der Waals surface area contributed by atoms with Gasteiger partial charge in [0.15, 0.2) is 0 Å². The lowest BCUT2D eigenvalue weighted by molar-refractivity contribution is -0.118. The van der Waals surface area contributed by atoms with Crippen molar-refractivity contribution in [2.45, 2.75) is 19.8 Å². The molecule has 0 fully saturated rings. The van der Waals surface area contributed by atoms with E-state index in [1.54, 1.807) is 12.1 Å². The number of nitrogens with two attached hydrogens (primary N) is 1. The molecule has 3 aromatic rings. The van der Waals surface area contributed by atoms with E-state index in [0.29, 0.717) is 12.0 Å². The van der Waals surface area contributed by atoms with Gasteiger partial charge in [0.1, 0.15) is 5.65 Å². The fourth-order valence-corrected chi connectivity index (χ4v) is 2.67. The molecule has 114 valence electrons. The lowest BCUT2D eigenvalue weighted by atomic mass is 10.2. The van der Waals surface area contributed by atoms with Crippen LogP contribution in [-0.4, -0.2) is 15.5 Å². The second-order valence-electron chi connectivity index (χ2n) is 5.52. The lowest BCUT2D eigenvalue weighted by Gasteiger charge is -2.10. The minimum Gasteiger partial charge on any atom is -0.370 e. The quantitative estimate of drug-likeness (QED) is 0.804. The summed E-state index contributed by atoms with van der Waals surface area (Å²) in [6.07, 6.45) is 2.65. The minimum absolute atomic E-state index is 0.283. The molecule has 3 rings (SSSR count). The Morgan fingerprint density at radius 1 is 1.30 bits per heavy atom. The summed E-state index contributed by atoms with van der Waals surface area (Å²) >= 11 is 0. The van der Waals surface area contributed by atoms with Crippen LogP contribution in [0.15, 0.2) is 42.6 Å². The summed E-state index contributed by atoms with van der Waals surface area (Å²) in [5.41, 5.74) is 9.69. The predicted molar refractivity (Wildman–Crippen MR) is 88.0 cm³/mol. The number of benzene rings is 1. The molecule has 23 heavy (non-hydrogen) atoms. The van der Waals surface area contributed by atoms with Gasteiger partial charge in [0.25, 0.3) is 0 Å². The molecule has 5 heteroatoms. The van der Waals surface area contributed by atoms with Gasteiger partial charge < -0.3 is 5.73 Å². The molecule has 2 N–H and O–H groups in total. The molecule has 0 aliphatic heterocycles. The number of pyridine rings is 1. The standard InChI is InChI=1S/C18H16N4O/c1-12-8-14-9-16(6-7-17(20)23)22(18(14)21-11-12)15-4-2-13(10-19)3-5-15/h2-5,8-9,11H,6-7H2,1H3,(H2,20,23). The molecule has 0 bridgehead atoms. The van der Waals surface area contributed by atoms with Gasteiger partial charge >= 0.3 is 0 Å². The van der Waals surface area contributed by atoms with Crippen molar-refractivity contribution in [2.24, 2.45) is 5.73 Å². The van der Waals surface area contributed by atoms with Crippen LogP contribution in [0.25, 0.3) is 16.7 Å². The number of hydrogen-bond donors (Lipinski definition) is 1. The van der Waals surface area contributed by atoms with Crippen LogP contribution in [0.2, 0.25) is 0 Å². The van der Waals surface area contributed by atoms with Crippen LogP contribution < -0.4 is 5.73 Å². The lowest BCUT2D eigenvalue weighted by Crippen LogP contribution is -2.12. The van der Waals surface area contributed by atoms with E-state index in [0.717, 1.165) is 28.0 Å². The van der Waals surface area contributed by atoms with Crippen molar-refractivity contribution in [3.8, 4) is 11.8 Å². The number of aryl methyl sites for hydroxylation is 2. The van der Waals surface area contributed by atoms with Crippen LogP contribution in [-0.2, 0) is 11.2 Å². The SMILES string of the molecule is Cc1cnc2c(c1)cc(CCC(N)=O)n2-c1ccc(C#N)cc1. The van der Waals surface area contributed by atoms with E-state index in [1.165, 1.54) is 0 Å². The first kappa shape index (κ1) is 14.8. The number of rotatable bonds is 4. The van der Waals surface area contributed by atoms with Gasteiger partial charge in [-0.25, -0.2) is 4.98 Å². The van der Waals surface area contributed by atoms with Crippen molar-refractivity contribution in [3.63, 3.8) is 0 Å². The highest BCUT2D eigenvalue weighted by atomic mass is 16.1. The van der Waals surface area contributed by atoms with E-state index in [9.17, 15) is 4.79 Å². The van der Waals surface area contributed by atoms with Crippen LogP contribution in [0.1, 0.15) is 23.2 Å². The highest BCUT2D eigenvalue weighted by Crippen LogP contribution is 2.25. The topological polar surface area (TPSA) is 84.7 Å². The van der Waals surface area contributed by atoms with E-state index in [2.05, 4.69) is 17.1 Å². The molecule has 2 aromatic heterocycles. The van der Waals surface area contributed by atoms with E-state index in [-0.39, 0.29) is 12.3 Å². The number of amides is 1. The minimum atomic E-state index is -0.328. The van der Waals surface area contributed by atoms with Crippen molar-refractivity contribution in [3.05, 3.63) is 59.4 Å². The van der Waals surface area contributed by atoms with E-state index in [4.69, 9.17) is 11.0 Å². The first-order valence-electron chi connectivity index (χ1n) is 7.34. The number of fused-ring (bicyclic) bond motifs is 1. The van der Waals surface area contributed by atoms with Gasteiger partial charge in [0.2, 0.25) is 5.91 Å². The monoisotopic (exact) mass is 304 g/mol. The molecule has 0 aliphatic rings. The first-order chi connectivity index (χ1) is 11.1. The number of nitriles is 1. The molecule has 0 spiro atoms. The molecule has 5 nitrogen and oxygen atoms in total. The van der Waals surface area contributed by atoms with Gasteiger partial charge in [-0.2, -0.15) is 5.26 Å².